The van der Waals surface area contributed by atoms with Crippen LogP contribution >= 0.6 is 15.0 Å². The van der Waals surface area contributed by atoms with Gasteiger partial charge in [-0.2, -0.15) is 0 Å². The Morgan fingerprint density at radius 1 is 1.20 bits per heavy atom. The van der Waals surface area contributed by atoms with Crippen LogP contribution in [0, 0.1) is 0 Å². The van der Waals surface area contributed by atoms with Gasteiger partial charge in [-0.3, -0.25) is 23.4 Å². The van der Waals surface area contributed by atoms with Crippen LogP contribution in [0.2, 0.25) is 0 Å². The minimum absolute atomic E-state index is 0.00945. The molecule has 0 saturated carbocycles. The number of nitrogens with zero attached hydrogens (tertiary/aromatic N) is 1. The van der Waals surface area contributed by atoms with E-state index in [4.69, 9.17) is 18.7 Å². The second kappa shape index (κ2) is 12.5. The topological polar surface area (TPSA) is 155 Å². The van der Waals surface area contributed by atoms with Gasteiger partial charge in [0.2, 0.25) is 0 Å². The summed E-state index contributed by atoms with van der Waals surface area (Å²) in [4.78, 5) is 35.1. The molecule has 0 saturated heterocycles. The number of methoxy groups -OCH3 is 1. The second-order valence-electron chi connectivity index (χ2n) is 6.44. The number of phosphoric acid groups is 1. The first-order valence-corrected chi connectivity index (χ1v) is 12.9. The molecule has 14 heteroatoms. The fourth-order valence-corrected chi connectivity index (χ4v) is 3.06. The summed E-state index contributed by atoms with van der Waals surface area (Å²) < 4.78 is 50.1. The van der Waals surface area contributed by atoms with E-state index in [-0.39, 0.29) is 13.2 Å². The Bertz CT molecular complexity index is 891. The van der Waals surface area contributed by atoms with Crippen LogP contribution in [0.3, 0.4) is 0 Å². The van der Waals surface area contributed by atoms with Crippen molar-refractivity contribution in [3.05, 3.63) is 45.0 Å². The van der Waals surface area contributed by atoms with Gasteiger partial charge in [-0.15, -0.1) is 0 Å². The van der Waals surface area contributed by atoms with E-state index in [1.165, 1.54) is 19.0 Å². The summed E-state index contributed by atoms with van der Waals surface area (Å²) in [5, 5.41) is 0. The van der Waals surface area contributed by atoms with Crippen molar-refractivity contribution in [2.75, 3.05) is 54.0 Å². The van der Waals surface area contributed by atoms with Gasteiger partial charge in [0.15, 0.2) is 6.23 Å². The molecule has 0 bridgehead atoms. The highest BCUT2D eigenvalue weighted by Gasteiger charge is 2.25. The largest absolute Gasteiger partial charge is 0.472 e. The molecule has 1 heterocycles. The summed E-state index contributed by atoms with van der Waals surface area (Å²) in [6, 6.07) is 1.08. The van der Waals surface area contributed by atoms with Crippen molar-refractivity contribution in [3.63, 3.8) is 0 Å². The monoisotopic (exact) mass is 470 g/mol. The van der Waals surface area contributed by atoms with Gasteiger partial charge in [0, 0.05) is 26.5 Å². The van der Waals surface area contributed by atoms with Crippen molar-refractivity contribution in [3.8, 4) is 0 Å². The fraction of sp³-hybridized carbons (Fsp3) is 0.625. The standard InChI is InChI=1S/C16H28N2O10P2/c1-24-8-9-26-11-13(6-10-29(3,4)21)28-15(12-27-30(22,23)25-2)18-7-5-14(19)17-16(18)20/h5-7,10,13,15H,8-9,11-12H2,1-4H3,(H,22,23)(H,17,19,20)/b10-6+/t13-,15-/m1/s1. The zero-order valence-corrected chi connectivity index (χ0v) is 19.0. The third kappa shape index (κ3) is 10.6. The van der Waals surface area contributed by atoms with Crippen LogP contribution in [-0.4, -0.2) is 74.5 Å². The van der Waals surface area contributed by atoms with Crippen molar-refractivity contribution >= 4 is 15.0 Å². The molecule has 1 unspecified atom stereocenters. The number of aromatic nitrogens is 2. The van der Waals surface area contributed by atoms with Crippen LogP contribution in [0.5, 0.6) is 0 Å². The first-order chi connectivity index (χ1) is 14.0. The number of hydrogen-bond acceptors (Lipinski definition) is 9. The van der Waals surface area contributed by atoms with Crippen LogP contribution < -0.4 is 11.2 Å². The van der Waals surface area contributed by atoms with Crippen LogP contribution in [0.15, 0.2) is 33.7 Å². The van der Waals surface area contributed by atoms with Crippen molar-refractivity contribution < 1.29 is 37.3 Å². The molecule has 1 aromatic heterocycles. The van der Waals surface area contributed by atoms with E-state index in [1.54, 1.807) is 13.3 Å². The SMILES string of the molecule is COCCOC[C@@H](/C=C/P(C)(C)=O)O[C@H](COP(=O)(O)OC)n1ccc(=O)[nH]c1=O. The molecular formula is C16H28N2O10P2. The summed E-state index contributed by atoms with van der Waals surface area (Å²) in [7, 11) is -4.40. The molecule has 30 heavy (non-hydrogen) atoms. The normalized spacial score (nSPS) is 16.4. The van der Waals surface area contributed by atoms with E-state index in [2.05, 4.69) is 9.51 Å². The van der Waals surface area contributed by atoms with Gasteiger partial charge >= 0.3 is 13.5 Å². The van der Waals surface area contributed by atoms with E-state index >= 15 is 0 Å². The summed E-state index contributed by atoms with van der Waals surface area (Å²) in [6.45, 7) is 3.15. The van der Waals surface area contributed by atoms with Gasteiger partial charge in [-0.25, -0.2) is 9.36 Å². The molecule has 0 radical (unpaired) electrons. The van der Waals surface area contributed by atoms with Crippen LogP contribution in [0.25, 0.3) is 0 Å². The quantitative estimate of drug-likeness (QED) is 0.297. The summed E-state index contributed by atoms with van der Waals surface area (Å²) in [6.07, 6.45) is 0.620. The number of ether oxygens (including phenoxy) is 3. The minimum atomic E-state index is -4.37. The van der Waals surface area contributed by atoms with Gasteiger partial charge < -0.3 is 23.7 Å². The van der Waals surface area contributed by atoms with Gasteiger partial charge in [0.05, 0.1) is 19.8 Å². The number of rotatable bonds is 14. The highest BCUT2D eigenvalue weighted by molar-refractivity contribution is 7.65. The average molecular weight is 470 g/mol. The van der Waals surface area contributed by atoms with Gasteiger partial charge in [-0.05, 0) is 19.1 Å². The Kier molecular flexibility index (Phi) is 11.1. The highest BCUT2D eigenvalue weighted by Crippen LogP contribution is 2.42. The molecule has 1 rings (SSSR count). The summed E-state index contributed by atoms with van der Waals surface area (Å²) in [5.41, 5.74) is -1.45. The van der Waals surface area contributed by atoms with Crippen molar-refractivity contribution in [1.82, 2.24) is 9.55 Å². The van der Waals surface area contributed by atoms with E-state index in [0.29, 0.717) is 6.61 Å². The van der Waals surface area contributed by atoms with E-state index < -0.39 is 45.2 Å². The van der Waals surface area contributed by atoms with Crippen molar-refractivity contribution in [2.24, 2.45) is 0 Å². The van der Waals surface area contributed by atoms with E-state index in [9.17, 15) is 23.6 Å². The summed E-state index contributed by atoms with van der Waals surface area (Å²) >= 11 is 0. The minimum Gasteiger partial charge on any atom is -0.382 e. The zero-order chi connectivity index (χ0) is 22.8. The second-order valence-corrected chi connectivity index (χ2v) is 11.2. The molecule has 0 fully saturated rings. The Labute approximate surface area is 173 Å². The number of H-pyrrole nitrogens is 1. The van der Waals surface area contributed by atoms with Crippen LogP contribution in [-0.2, 0) is 32.4 Å². The molecule has 172 valence electrons. The van der Waals surface area contributed by atoms with Gasteiger partial charge in [0.25, 0.3) is 5.56 Å². The van der Waals surface area contributed by atoms with E-state index in [1.807, 2.05) is 0 Å². The summed E-state index contributed by atoms with van der Waals surface area (Å²) in [5.74, 6) is 1.47. The molecule has 0 spiro atoms. The maximum absolute atomic E-state index is 12.2. The third-order valence-electron chi connectivity index (χ3n) is 3.48. The Balaban J connectivity index is 3.13. The molecule has 0 aliphatic heterocycles. The molecule has 0 aromatic carbocycles. The maximum atomic E-state index is 12.2. The molecular weight excluding hydrogens is 442 g/mol. The molecule has 1 aromatic rings. The zero-order valence-electron chi connectivity index (χ0n) is 17.3. The average Bonchev–Trinajstić information content (AvgIpc) is 2.65. The highest BCUT2D eigenvalue weighted by atomic mass is 31.2. The third-order valence-corrected chi connectivity index (χ3v) is 5.30. The molecule has 0 aliphatic carbocycles. The lowest BCUT2D eigenvalue weighted by molar-refractivity contribution is -0.0912. The number of phosphoric ester groups is 1. The smallest absolute Gasteiger partial charge is 0.382 e. The number of aromatic amines is 1. The lowest BCUT2D eigenvalue weighted by Gasteiger charge is -2.25. The molecule has 2 N–H and O–H groups in total. The molecule has 3 atom stereocenters. The Morgan fingerprint density at radius 2 is 1.90 bits per heavy atom. The predicted octanol–water partition coefficient (Wildman–Crippen LogP) is 0.983. The molecule has 12 nitrogen and oxygen atoms in total. The molecule has 0 amide bonds. The fourth-order valence-electron chi connectivity index (χ4n) is 2.04. The molecule has 0 aliphatic rings. The number of hydrogen-bond donors (Lipinski definition) is 2. The first-order valence-electron chi connectivity index (χ1n) is 8.78. The van der Waals surface area contributed by atoms with Crippen molar-refractivity contribution in [2.45, 2.75) is 12.3 Å². The first kappa shape index (κ1) is 26.7. The predicted molar refractivity (Wildman–Crippen MR) is 109 cm³/mol. The maximum Gasteiger partial charge on any atom is 0.472 e. The van der Waals surface area contributed by atoms with E-state index in [0.717, 1.165) is 23.9 Å². The van der Waals surface area contributed by atoms with Gasteiger partial charge in [-0.1, -0.05) is 6.08 Å². The van der Waals surface area contributed by atoms with Crippen molar-refractivity contribution in [1.29, 1.82) is 0 Å². The number of nitrogens with one attached hydrogen (secondary N) is 1. The lowest BCUT2D eigenvalue weighted by Crippen LogP contribution is -2.36. The van der Waals surface area contributed by atoms with Crippen LogP contribution in [0.1, 0.15) is 6.23 Å². The Morgan fingerprint density at radius 3 is 2.47 bits per heavy atom. The van der Waals surface area contributed by atoms with Crippen LogP contribution in [0.4, 0.5) is 0 Å². The Hall–Kier alpha value is -1.36. The lowest BCUT2D eigenvalue weighted by atomic mass is 10.3. The van der Waals surface area contributed by atoms with Gasteiger partial charge in [0.1, 0.15) is 19.9 Å².